The minimum atomic E-state index is -0.219. The van der Waals surface area contributed by atoms with Gasteiger partial charge < -0.3 is 10.3 Å². The van der Waals surface area contributed by atoms with Gasteiger partial charge in [-0.2, -0.15) is 5.10 Å². The Kier molecular flexibility index (Phi) is 2.56. The van der Waals surface area contributed by atoms with Gasteiger partial charge in [0.05, 0.1) is 17.3 Å². The van der Waals surface area contributed by atoms with Gasteiger partial charge in [-0.1, -0.05) is 0 Å². The summed E-state index contributed by atoms with van der Waals surface area (Å²) in [6.07, 6.45) is 4.91. The van der Waals surface area contributed by atoms with Crippen molar-refractivity contribution >= 4 is 22.6 Å². The van der Waals surface area contributed by atoms with Crippen molar-refractivity contribution in [2.75, 3.05) is 5.32 Å². The monoisotopic (exact) mass is 255 g/mol. The van der Waals surface area contributed by atoms with Gasteiger partial charge >= 0.3 is 0 Å². The molecule has 3 heterocycles. The minimum absolute atomic E-state index is 0.219. The highest BCUT2D eigenvalue weighted by Gasteiger charge is 2.09. The van der Waals surface area contributed by atoms with Gasteiger partial charge in [-0.05, 0) is 13.0 Å². The zero-order chi connectivity index (χ0) is 13.4. The molecule has 3 aromatic heterocycles. The first-order chi connectivity index (χ1) is 9.11. The van der Waals surface area contributed by atoms with E-state index in [2.05, 4.69) is 20.4 Å². The fourth-order valence-corrected chi connectivity index (χ4v) is 1.97. The molecule has 6 nitrogen and oxygen atoms in total. The van der Waals surface area contributed by atoms with Crippen LogP contribution in [0.2, 0.25) is 0 Å². The summed E-state index contributed by atoms with van der Waals surface area (Å²) in [5, 5.41) is 7.74. The van der Waals surface area contributed by atoms with Crippen LogP contribution in [0.3, 0.4) is 0 Å². The Morgan fingerprint density at radius 2 is 2.21 bits per heavy atom. The fraction of sp³-hybridized carbons (Fsp3) is 0.154. The zero-order valence-electron chi connectivity index (χ0n) is 10.6. The number of hydrogen-bond donors (Lipinski definition) is 2. The number of aryl methyl sites for hydroxylation is 2. The van der Waals surface area contributed by atoms with Gasteiger partial charge in [0.25, 0.3) is 5.91 Å². The first-order valence-corrected chi connectivity index (χ1v) is 5.87. The number of fused-ring (bicyclic) bond motifs is 1. The number of H-pyrrole nitrogens is 1. The van der Waals surface area contributed by atoms with Crippen molar-refractivity contribution in [1.29, 1.82) is 0 Å². The number of anilines is 1. The van der Waals surface area contributed by atoms with Gasteiger partial charge in [-0.25, -0.2) is 4.98 Å². The summed E-state index contributed by atoms with van der Waals surface area (Å²) in [5.74, 6) is 0.298. The van der Waals surface area contributed by atoms with Crippen LogP contribution >= 0.6 is 0 Å². The van der Waals surface area contributed by atoms with Crippen LogP contribution in [-0.4, -0.2) is 25.7 Å². The van der Waals surface area contributed by atoms with E-state index in [1.807, 2.05) is 19.1 Å². The summed E-state index contributed by atoms with van der Waals surface area (Å²) in [5.41, 5.74) is 2.52. The van der Waals surface area contributed by atoms with Gasteiger partial charge in [0, 0.05) is 36.6 Å². The summed E-state index contributed by atoms with van der Waals surface area (Å²) >= 11 is 0. The van der Waals surface area contributed by atoms with Crippen LogP contribution in [0.25, 0.3) is 10.9 Å². The third kappa shape index (κ3) is 2.20. The van der Waals surface area contributed by atoms with Crippen LogP contribution in [0, 0.1) is 6.92 Å². The van der Waals surface area contributed by atoms with E-state index in [0.29, 0.717) is 11.4 Å². The van der Waals surface area contributed by atoms with Crippen LogP contribution in [0.1, 0.15) is 16.1 Å². The molecule has 96 valence electrons. The topological polar surface area (TPSA) is 75.6 Å². The molecule has 0 aliphatic rings. The lowest BCUT2D eigenvalue weighted by Gasteiger charge is -2.02. The molecule has 19 heavy (non-hydrogen) atoms. The molecule has 3 aromatic rings. The van der Waals surface area contributed by atoms with E-state index in [-0.39, 0.29) is 5.91 Å². The average molecular weight is 255 g/mol. The molecule has 0 atom stereocenters. The number of aromatic nitrogens is 4. The van der Waals surface area contributed by atoms with Gasteiger partial charge in [0.15, 0.2) is 0 Å². The van der Waals surface area contributed by atoms with E-state index >= 15 is 0 Å². The maximum Gasteiger partial charge on any atom is 0.260 e. The molecule has 3 rings (SSSR count). The number of carbonyl (C=O) groups excluding carboxylic acids is 1. The molecule has 0 saturated carbocycles. The summed E-state index contributed by atoms with van der Waals surface area (Å²) in [7, 11) is 1.77. The number of amides is 1. The van der Waals surface area contributed by atoms with Gasteiger partial charge in [0.1, 0.15) is 5.82 Å². The smallest absolute Gasteiger partial charge is 0.260 e. The Bertz CT molecular complexity index is 755. The van der Waals surface area contributed by atoms with Crippen LogP contribution < -0.4 is 5.32 Å². The van der Waals surface area contributed by atoms with Crippen molar-refractivity contribution < 1.29 is 4.79 Å². The molecule has 0 radical (unpaired) electrons. The Morgan fingerprint density at radius 3 is 2.95 bits per heavy atom. The lowest BCUT2D eigenvalue weighted by molar-refractivity contribution is 0.102. The standard InChI is InChI=1S/C13H13N5O/c1-8-3-9-5-14-12(4-11(9)16-8)17-13(19)10-6-15-18(2)7-10/h3-7,16H,1-2H3,(H,14,17,19). The lowest BCUT2D eigenvalue weighted by Crippen LogP contribution is -2.12. The molecule has 1 amide bonds. The Morgan fingerprint density at radius 1 is 1.37 bits per heavy atom. The number of nitrogens with one attached hydrogen (secondary N) is 2. The highest BCUT2D eigenvalue weighted by molar-refractivity contribution is 6.04. The van der Waals surface area contributed by atoms with Crippen molar-refractivity contribution in [3.05, 3.63) is 42.0 Å². The average Bonchev–Trinajstić information content (AvgIpc) is 2.93. The number of aromatic amines is 1. The number of pyridine rings is 1. The van der Waals surface area contributed by atoms with Crippen LogP contribution in [0.15, 0.2) is 30.7 Å². The fourth-order valence-electron chi connectivity index (χ4n) is 1.97. The third-order valence-corrected chi connectivity index (χ3v) is 2.85. The van der Waals surface area contributed by atoms with Crippen molar-refractivity contribution in [2.45, 2.75) is 6.92 Å². The maximum absolute atomic E-state index is 12.0. The lowest BCUT2D eigenvalue weighted by atomic mass is 10.3. The second-order valence-electron chi connectivity index (χ2n) is 4.47. The summed E-state index contributed by atoms with van der Waals surface area (Å²) in [6.45, 7) is 1.98. The predicted octanol–water partition coefficient (Wildman–Crippen LogP) is 1.86. The number of rotatable bonds is 2. The first-order valence-electron chi connectivity index (χ1n) is 5.87. The molecule has 0 fully saturated rings. The van der Waals surface area contributed by atoms with E-state index in [9.17, 15) is 4.79 Å². The van der Waals surface area contributed by atoms with Crippen molar-refractivity contribution in [3.63, 3.8) is 0 Å². The van der Waals surface area contributed by atoms with Crippen molar-refractivity contribution in [3.8, 4) is 0 Å². The molecular weight excluding hydrogens is 242 g/mol. The highest BCUT2D eigenvalue weighted by Crippen LogP contribution is 2.17. The summed E-state index contributed by atoms with van der Waals surface area (Å²) in [6, 6.07) is 3.83. The normalized spacial score (nSPS) is 10.8. The summed E-state index contributed by atoms with van der Waals surface area (Å²) < 4.78 is 1.58. The van der Waals surface area contributed by atoms with Gasteiger partial charge in [0.2, 0.25) is 0 Å². The quantitative estimate of drug-likeness (QED) is 0.733. The number of nitrogens with zero attached hydrogens (tertiary/aromatic N) is 3. The van der Waals surface area contributed by atoms with E-state index in [1.165, 1.54) is 6.20 Å². The number of hydrogen-bond acceptors (Lipinski definition) is 3. The molecular formula is C13H13N5O. The first kappa shape index (κ1) is 11.5. The maximum atomic E-state index is 12.0. The molecule has 0 aromatic carbocycles. The van der Waals surface area contributed by atoms with Gasteiger partial charge in [-0.3, -0.25) is 9.48 Å². The van der Waals surface area contributed by atoms with E-state index < -0.39 is 0 Å². The van der Waals surface area contributed by atoms with E-state index in [4.69, 9.17) is 0 Å². The van der Waals surface area contributed by atoms with E-state index in [0.717, 1.165) is 16.6 Å². The third-order valence-electron chi connectivity index (χ3n) is 2.85. The molecule has 0 spiro atoms. The molecule has 0 bridgehead atoms. The van der Waals surface area contributed by atoms with E-state index in [1.54, 1.807) is 24.1 Å². The predicted molar refractivity (Wildman–Crippen MR) is 72.0 cm³/mol. The zero-order valence-corrected chi connectivity index (χ0v) is 10.6. The molecule has 0 saturated heterocycles. The second kappa shape index (κ2) is 4.24. The van der Waals surface area contributed by atoms with Crippen molar-refractivity contribution in [2.24, 2.45) is 7.05 Å². The van der Waals surface area contributed by atoms with Crippen LogP contribution in [0.5, 0.6) is 0 Å². The molecule has 0 aliphatic heterocycles. The Labute approximate surface area is 109 Å². The molecule has 2 N–H and O–H groups in total. The highest BCUT2D eigenvalue weighted by atomic mass is 16.1. The van der Waals surface area contributed by atoms with Crippen LogP contribution in [-0.2, 0) is 7.05 Å². The van der Waals surface area contributed by atoms with Crippen LogP contribution in [0.4, 0.5) is 5.82 Å². The Hall–Kier alpha value is -2.63. The SMILES string of the molecule is Cc1cc2cnc(NC(=O)c3cnn(C)c3)cc2[nH]1. The molecule has 0 unspecified atom stereocenters. The largest absolute Gasteiger partial charge is 0.358 e. The molecule has 6 heteroatoms. The van der Waals surface area contributed by atoms with Crippen molar-refractivity contribution in [1.82, 2.24) is 19.7 Å². The Balaban J connectivity index is 1.86. The minimum Gasteiger partial charge on any atom is -0.358 e. The van der Waals surface area contributed by atoms with Gasteiger partial charge in [-0.15, -0.1) is 0 Å². The second-order valence-corrected chi connectivity index (χ2v) is 4.47. The molecule has 0 aliphatic carbocycles. The number of carbonyl (C=O) groups is 1. The summed E-state index contributed by atoms with van der Waals surface area (Å²) in [4.78, 5) is 19.4.